The molecule has 0 heterocycles. The van der Waals surface area contributed by atoms with Gasteiger partial charge in [-0.25, -0.2) is 0 Å². The molecule has 0 radical (unpaired) electrons. The van der Waals surface area contributed by atoms with Gasteiger partial charge in [-0.1, -0.05) is 42.5 Å². The van der Waals surface area contributed by atoms with Gasteiger partial charge in [-0.2, -0.15) is 0 Å². The molecule has 0 aliphatic heterocycles. The lowest BCUT2D eigenvalue weighted by molar-refractivity contribution is -0.119. The fourth-order valence-electron chi connectivity index (χ4n) is 1.82. The number of hydrogen-bond acceptors (Lipinski definition) is 2. The Morgan fingerprint density at radius 1 is 0.947 bits per heavy atom. The molecule has 2 aromatic carbocycles. The van der Waals surface area contributed by atoms with E-state index in [0.717, 1.165) is 17.8 Å². The van der Waals surface area contributed by atoms with Crippen LogP contribution in [0, 0.1) is 0 Å². The predicted octanol–water partition coefficient (Wildman–Crippen LogP) is 2.93. The van der Waals surface area contributed by atoms with Crippen molar-refractivity contribution in [1.82, 2.24) is 5.32 Å². The summed E-state index contributed by atoms with van der Waals surface area (Å²) < 4.78 is 0. The average molecular weight is 254 g/mol. The monoisotopic (exact) mass is 254 g/mol. The summed E-state index contributed by atoms with van der Waals surface area (Å²) >= 11 is 0. The van der Waals surface area contributed by atoms with E-state index in [1.54, 1.807) is 0 Å². The third-order valence-corrected chi connectivity index (χ3v) is 2.81. The molecule has 3 heteroatoms. The van der Waals surface area contributed by atoms with E-state index < -0.39 is 0 Å². The molecule has 2 rings (SSSR count). The summed E-state index contributed by atoms with van der Waals surface area (Å²) in [5, 5.41) is 6.17. The van der Waals surface area contributed by atoms with Crippen LogP contribution >= 0.6 is 0 Å². The summed E-state index contributed by atoms with van der Waals surface area (Å²) in [7, 11) is 0. The van der Waals surface area contributed by atoms with E-state index in [-0.39, 0.29) is 5.91 Å². The average Bonchev–Trinajstić information content (AvgIpc) is 2.44. The number of benzene rings is 2. The molecule has 0 saturated carbocycles. The van der Waals surface area contributed by atoms with Gasteiger partial charge in [-0.3, -0.25) is 4.79 Å². The molecule has 0 saturated heterocycles. The number of carbonyl (C=O) groups is 1. The minimum Gasteiger partial charge on any atom is -0.381 e. The number of hydrogen-bond donors (Lipinski definition) is 2. The van der Waals surface area contributed by atoms with Crippen molar-refractivity contribution in [3.8, 4) is 0 Å². The number of amides is 1. The number of carbonyl (C=O) groups excluding carboxylic acids is 1. The highest BCUT2D eigenvalue weighted by Gasteiger charge is 1.97. The van der Waals surface area contributed by atoms with Crippen LogP contribution in [-0.4, -0.2) is 5.91 Å². The quantitative estimate of drug-likeness (QED) is 0.861. The third-order valence-electron chi connectivity index (χ3n) is 2.81. The predicted molar refractivity (Wildman–Crippen MR) is 77.7 cm³/mol. The Kier molecular flexibility index (Phi) is 4.56. The van der Waals surface area contributed by atoms with Crippen LogP contribution in [0.25, 0.3) is 0 Å². The Hall–Kier alpha value is -2.29. The van der Waals surface area contributed by atoms with Gasteiger partial charge in [0.15, 0.2) is 0 Å². The van der Waals surface area contributed by atoms with E-state index in [2.05, 4.69) is 28.8 Å². The summed E-state index contributed by atoms with van der Waals surface area (Å²) in [6.45, 7) is 2.89. The van der Waals surface area contributed by atoms with Crippen LogP contribution in [0.3, 0.4) is 0 Å². The molecule has 3 nitrogen and oxygen atoms in total. The zero-order valence-electron chi connectivity index (χ0n) is 11.0. The first-order valence-electron chi connectivity index (χ1n) is 6.35. The van der Waals surface area contributed by atoms with E-state index in [1.807, 2.05) is 36.4 Å². The molecule has 0 bridgehead atoms. The molecule has 0 aliphatic rings. The maximum atomic E-state index is 10.9. The second-order valence-corrected chi connectivity index (χ2v) is 4.45. The first kappa shape index (κ1) is 13.1. The van der Waals surface area contributed by atoms with Crippen LogP contribution < -0.4 is 10.6 Å². The lowest BCUT2D eigenvalue weighted by Gasteiger charge is -2.09. The van der Waals surface area contributed by atoms with Crippen molar-refractivity contribution in [3.05, 3.63) is 65.7 Å². The molecule has 2 aromatic rings. The minimum atomic E-state index is -0.0114. The minimum absolute atomic E-state index is 0.0114. The maximum absolute atomic E-state index is 10.9. The molecule has 0 atom stereocenters. The largest absolute Gasteiger partial charge is 0.381 e. The van der Waals surface area contributed by atoms with E-state index in [4.69, 9.17) is 0 Å². The number of rotatable bonds is 5. The van der Waals surface area contributed by atoms with Crippen LogP contribution in [-0.2, 0) is 17.9 Å². The molecule has 0 aliphatic carbocycles. The Labute approximate surface area is 113 Å². The Morgan fingerprint density at radius 2 is 1.68 bits per heavy atom. The van der Waals surface area contributed by atoms with Crippen molar-refractivity contribution in [2.45, 2.75) is 20.0 Å². The number of anilines is 1. The van der Waals surface area contributed by atoms with Gasteiger partial charge < -0.3 is 10.6 Å². The molecule has 0 unspecified atom stereocenters. The second kappa shape index (κ2) is 6.59. The van der Waals surface area contributed by atoms with Crippen LogP contribution in [0.5, 0.6) is 0 Å². The van der Waals surface area contributed by atoms with Crippen molar-refractivity contribution in [1.29, 1.82) is 0 Å². The molecular weight excluding hydrogens is 236 g/mol. The highest BCUT2D eigenvalue weighted by atomic mass is 16.1. The van der Waals surface area contributed by atoms with Gasteiger partial charge in [0.05, 0.1) is 0 Å². The van der Waals surface area contributed by atoms with Crippen molar-refractivity contribution in [2.24, 2.45) is 0 Å². The Morgan fingerprint density at radius 3 is 2.42 bits per heavy atom. The summed E-state index contributed by atoms with van der Waals surface area (Å²) in [6.07, 6.45) is 0. The van der Waals surface area contributed by atoms with E-state index in [0.29, 0.717) is 6.54 Å². The van der Waals surface area contributed by atoms with Crippen molar-refractivity contribution >= 4 is 11.6 Å². The molecule has 0 spiro atoms. The smallest absolute Gasteiger partial charge is 0.217 e. The second-order valence-electron chi connectivity index (χ2n) is 4.45. The van der Waals surface area contributed by atoms with E-state index in [1.165, 1.54) is 12.5 Å². The van der Waals surface area contributed by atoms with Crippen LogP contribution in [0.15, 0.2) is 54.6 Å². The zero-order valence-corrected chi connectivity index (χ0v) is 11.0. The van der Waals surface area contributed by atoms with Gasteiger partial charge in [0.25, 0.3) is 0 Å². The highest BCUT2D eigenvalue weighted by Crippen LogP contribution is 2.12. The lowest BCUT2D eigenvalue weighted by Crippen LogP contribution is -2.18. The molecule has 0 fully saturated rings. The first-order valence-corrected chi connectivity index (χ1v) is 6.35. The standard InChI is InChI=1S/C16H18N2O/c1-13(19)17-12-15-8-5-9-16(10-15)18-11-14-6-3-2-4-7-14/h2-10,18H,11-12H2,1H3,(H,17,19). The fourth-order valence-corrected chi connectivity index (χ4v) is 1.82. The van der Waals surface area contributed by atoms with Gasteiger partial charge >= 0.3 is 0 Å². The number of nitrogens with one attached hydrogen (secondary N) is 2. The third kappa shape index (κ3) is 4.47. The Bertz CT molecular complexity index is 537. The van der Waals surface area contributed by atoms with Crippen LogP contribution in [0.2, 0.25) is 0 Å². The molecule has 2 N–H and O–H groups in total. The first-order chi connectivity index (χ1) is 9.24. The SMILES string of the molecule is CC(=O)NCc1cccc(NCc2ccccc2)c1. The topological polar surface area (TPSA) is 41.1 Å². The van der Waals surface area contributed by atoms with Gasteiger partial charge in [-0.15, -0.1) is 0 Å². The normalized spacial score (nSPS) is 9.95. The van der Waals surface area contributed by atoms with Crippen molar-refractivity contribution in [3.63, 3.8) is 0 Å². The van der Waals surface area contributed by atoms with Gasteiger partial charge in [0.2, 0.25) is 5.91 Å². The summed E-state index contributed by atoms with van der Waals surface area (Å²) in [6, 6.07) is 18.3. The van der Waals surface area contributed by atoms with Crippen molar-refractivity contribution in [2.75, 3.05) is 5.32 Å². The van der Waals surface area contributed by atoms with Gasteiger partial charge in [0, 0.05) is 25.7 Å². The van der Waals surface area contributed by atoms with Gasteiger partial charge in [0.1, 0.15) is 0 Å². The van der Waals surface area contributed by atoms with E-state index >= 15 is 0 Å². The molecular formula is C16H18N2O. The van der Waals surface area contributed by atoms with Crippen LogP contribution in [0.4, 0.5) is 5.69 Å². The van der Waals surface area contributed by atoms with Crippen molar-refractivity contribution < 1.29 is 4.79 Å². The molecule has 1 amide bonds. The summed E-state index contributed by atoms with van der Waals surface area (Å²) in [4.78, 5) is 10.9. The molecule has 19 heavy (non-hydrogen) atoms. The summed E-state index contributed by atoms with van der Waals surface area (Å²) in [5.41, 5.74) is 3.40. The molecule has 0 aromatic heterocycles. The fraction of sp³-hybridized carbons (Fsp3) is 0.188. The summed E-state index contributed by atoms with van der Waals surface area (Å²) in [5.74, 6) is -0.0114. The Balaban J connectivity index is 1.93. The lowest BCUT2D eigenvalue weighted by atomic mass is 10.2. The highest BCUT2D eigenvalue weighted by molar-refractivity contribution is 5.72. The van der Waals surface area contributed by atoms with Crippen LogP contribution in [0.1, 0.15) is 18.1 Å². The molecule has 98 valence electrons. The maximum Gasteiger partial charge on any atom is 0.217 e. The van der Waals surface area contributed by atoms with E-state index in [9.17, 15) is 4.79 Å². The zero-order chi connectivity index (χ0) is 13.5. The van der Waals surface area contributed by atoms with Gasteiger partial charge in [-0.05, 0) is 23.3 Å².